The zero-order valence-corrected chi connectivity index (χ0v) is 12.0. The maximum absolute atomic E-state index is 12.0. The number of hydrogen-bond donors (Lipinski definition) is 0. The lowest BCUT2D eigenvalue weighted by atomic mass is 9.91. The summed E-state index contributed by atoms with van der Waals surface area (Å²) in [6.07, 6.45) is 4.94. The summed E-state index contributed by atoms with van der Waals surface area (Å²) in [4.78, 5) is 12.0. The second-order valence-electron chi connectivity index (χ2n) is 5.19. The van der Waals surface area contributed by atoms with E-state index in [1.54, 1.807) is 7.11 Å². The average Bonchev–Trinajstić information content (AvgIpc) is 2.22. The lowest BCUT2D eigenvalue weighted by Crippen LogP contribution is -2.27. The van der Waals surface area contributed by atoms with Crippen LogP contribution in [0.5, 0.6) is 0 Å². The van der Waals surface area contributed by atoms with Gasteiger partial charge in [0.25, 0.3) is 0 Å². The molecule has 100 valence electrons. The molecule has 1 saturated carbocycles. The van der Waals surface area contributed by atoms with E-state index in [1.807, 2.05) is 13.8 Å². The minimum atomic E-state index is -0.290. The van der Waals surface area contributed by atoms with Crippen LogP contribution < -0.4 is 0 Å². The molecule has 0 aromatic carbocycles. The highest BCUT2D eigenvalue weighted by atomic mass is 32.2. The third-order valence-electron chi connectivity index (χ3n) is 3.21. The number of carbonyl (C=O) groups excluding carboxylic acids is 1. The Hall–Kier alpha value is -0.0600. The van der Waals surface area contributed by atoms with E-state index < -0.39 is 0 Å². The van der Waals surface area contributed by atoms with Gasteiger partial charge in [-0.3, -0.25) is 4.79 Å². The van der Waals surface area contributed by atoms with Crippen molar-refractivity contribution in [3.05, 3.63) is 0 Å². The van der Waals surface area contributed by atoms with Crippen LogP contribution in [-0.4, -0.2) is 37.3 Å². The molecule has 1 fully saturated rings. The Morgan fingerprint density at radius 2 is 2.06 bits per heavy atom. The molecular weight excluding hydrogens is 236 g/mol. The van der Waals surface area contributed by atoms with Crippen LogP contribution in [0.1, 0.15) is 39.5 Å². The first kappa shape index (κ1) is 15.0. The molecule has 0 aromatic heterocycles. The van der Waals surface area contributed by atoms with Crippen LogP contribution in [-0.2, 0) is 14.3 Å². The van der Waals surface area contributed by atoms with Gasteiger partial charge in [0.05, 0.1) is 12.7 Å². The summed E-state index contributed by atoms with van der Waals surface area (Å²) >= 11 is 1.37. The van der Waals surface area contributed by atoms with Crippen molar-refractivity contribution in [2.75, 3.05) is 26.1 Å². The summed E-state index contributed by atoms with van der Waals surface area (Å²) in [5, 5.41) is 0.242. The molecule has 1 aliphatic carbocycles. The van der Waals surface area contributed by atoms with E-state index in [4.69, 9.17) is 9.47 Å². The second kappa shape index (κ2) is 7.39. The van der Waals surface area contributed by atoms with E-state index in [0.29, 0.717) is 19.3 Å². The molecule has 0 unspecified atom stereocenters. The molecule has 3 nitrogen and oxygen atoms in total. The lowest BCUT2D eigenvalue weighted by Gasteiger charge is -2.28. The summed E-state index contributed by atoms with van der Waals surface area (Å²) in [5.41, 5.74) is -0.290. The topological polar surface area (TPSA) is 35.5 Å². The Bertz CT molecular complexity index is 237. The SMILES string of the molecule is COCCSC(=O)C(C)(C)CCOC1CCC1. The summed E-state index contributed by atoms with van der Waals surface area (Å²) in [7, 11) is 1.66. The number of hydrogen-bond acceptors (Lipinski definition) is 4. The fourth-order valence-electron chi connectivity index (χ4n) is 1.53. The molecule has 0 atom stereocenters. The van der Waals surface area contributed by atoms with E-state index in [2.05, 4.69) is 0 Å². The van der Waals surface area contributed by atoms with Crippen molar-refractivity contribution in [3.8, 4) is 0 Å². The Morgan fingerprint density at radius 3 is 2.59 bits per heavy atom. The second-order valence-corrected chi connectivity index (χ2v) is 6.25. The minimum Gasteiger partial charge on any atom is -0.384 e. The third kappa shape index (κ3) is 5.40. The van der Waals surface area contributed by atoms with Crippen molar-refractivity contribution in [2.24, 2.45) is 5.41 Å². The van der Waals surface area contributed by atoms with Gasteiger partial charge in [-0.2, -0.15) is 0 Å². The molecule has 0 aromatic rings. The number of methoxy groups -OCH3 is 1. The molecular formula is C13H24O3S. The molecule has 0 bridgehead atoms. The van der Waals surface area contributed by atoms with E-state index in [0.717, 1.165) is 12.2 Å². The molecule has 0 spiro atoms. The van der Waals surface area contributed by atoms with Crippen LogP contribution in [0.4, 0.5) is 0 Å². The van der Waals surface area contributed by atoms with Gasteiger partial charge in [0.2, 0.25) is 0 Å². The van der Waals surface area contributed by atoms with Gasteiger partial charge in [0.1, 0.15) is 0 Å². The quantitative estimate of drug-likeness (QED) is 0.629. The number of carbonyl (C=O) groups is 1. The molecule has 0 radical (unpaired) electrons. The van der Waals surface area contributed by atoms with Crippen LogP contribution in [0.15, 0.2) is 0 Å². The molecule has 4 heteroatoms. The van der Waals surface area contributed by atoms with Gasteiger partial charge in [-0.25, -0.2) is 0 Å². The Kier molecular flexibility index (Phi) is 6.52. The van der Waals surface area contributed by atoms with Gasteiger partial charge in [-0.1, -0.05) is 25.6 Å². The van der Waals surface area contributed by atoms with Gasteiger partial charge >= 0.3 is 0 Å². The lowest BCUT2D eigenvalue weighted by molar-refractivity contribution is -0.119. The van der Waals surface area contributed by atoms with E-state index >= 15 is 0 Å². The zero-order valence-electron chi connectivity index (χ0n) is 11.2. The molecule has 0 N–H and O–H groups in total. The third-order valence-corrected chi connectivity index (χ3v) is 4.39. The van der Waals surface area contributed by atoms with Gasteiger partial charge < -0.3 is 9.47 Å². The van der Waals surface area contributed by atoms with Gasteiger partial charge in [0.15, 0.2) is 5.12 Å². The summed E-state index contributed by atoms with van der Waals surface area (Å²) in [6, 6.07) is 0. The van der Waals surface area contributed by atoms with Crippen LogP contribution in [0.2, 0.25) is 0 Å². The van der Waals surface area contributed by atoms with Crippen LogP contribution >= 0.6 is 11.8 Å². The maximum atomic E-state index is 12.0. The monoisotopic (exact) mass is 260 g/mol. The van der Waals surface area contributed by atoms with Crippen molar-refractivity contribution < 1.29 is 14.3 Å². The number of ether oxygens (including phenoxy) is 2. The average molecular weight is 260 g/mol. The smallest absolute Gasteiger partial charge is 0.194 e. The Morgan fingerprint density at radius 1 is 1.35 bits per heavy atom. The number of thioether (sulfide) groups is 1. The molecule has 0 heterocycles. The summed E-state index contributed by atoms with van der Waals surface area (Å²) in [6.45, 7) is 5.33. The van der Waals surface area contributed by atoms with Gasteiger partial charge in [-0.15, -0.1) is 0 Å². The molecule has 0 amide bonds. The van der Waals surface area contributed by atoms with Crippen molar-refractivity contribution in [3.63, 3.8) is 0 Å². The highest BCUT2D eigenvalue weighted by Gasteiger charge is 2.28. The first-order valence-electron chi connectivity index (χ1n) is 6.34. The Balaban J connectivity index is 2.15. The van der Waals surface area contributed by atoms with Crippen molar-refractivity contribution in [1.82, 2.24) is 0 Å². The predicted octanol–water partition coefficient (Wildman–Crippen LogP) is 2.88. The maximum Gasteiger partial charge on any atom is 0.194 e. The normalized spacial score (nSPS) is 16.9. The van der Waals surface area contributed by atoms with Crippen molar-refractivity contribution in [2.45, 2.75) is 45.6 Å². The molecule has 0 saturated heterocycles. The van der Waals surface area contributed by atoms with Crippen LogP contribution in [0.25, 0.3) is 0 Å². The fourth-order valence-corrected chi connectivity index (χ4v) is 2.46. The summed E-state index contributed by atoms with van der Waals surface area (Å²) < 4.78 is 10.6. The Labute approximate surface area is 109 Å². The minimum absolute atomic E-state index is 0.242. The van der Waals surface area contributed by atoms with Gasteiger partial charge in [-0.05, 0) is 25.7 Å². The first-order chi connectivity index (χ1) is 8.06. The highest BCUT2D eigenvalue weighted by molar-refractivity contribution is 8.13. The van der Waals surface area contributed by atoms with E-state index in [1.165, 1.54) is 31.0 Å². The van der Waals surface area contributed by atoms with Crippen LogP contribution in [0, 0.1) is 5.41 Å². The van der Waals surface area contributed by atoms with E-state index in [9.17, 15) is 4.79 Å². The van der Waals surface area contributed by atoms with Crippen LogP contribution in [0.3, 0.4) is 0 Å². The summed E-state index contributed by atoms with van der Waals surface area (Å²) in [5.74, 6) is 0.738. The zero-order chi connectivity index (χ0) is 12.7. The standard InChI is InChI=1S/C13H24O3S/c1-13(2,12(14)17-10-9-15-3)7-8-16-11-5-4-6-11/h11H,4-10H2,1-3H3. The van der Waals surface area contributed by atoms with Crippen molar-refractivity contribution in [1.29, 1.82) is 0 Å². The number of rotatable bonds is 8. The first-order valence-corrected chi connectivity index (χ1v) is 7.32. The molecule has 1 aliphatic rings. The highest BCUT2D eigenvalue weighted by Crippen LogP contribution is 2.29. The largest absolute Gasteiger partial charge is 0.384 e. The fraction of sp³-hybridized carbons (Fsp3) is 0.923. The predicted molar refractivity (Wildman–Crippen MR) is 71.3 cm³/mol. The van der Waals surface area contributed by atoms with E-state index in [-0.39, 0.29) is 10.5 Å². The van der Waals surface area contributed by atoms with Crippen molar-refractivity contribution >= 4 is 16.9 Å². The van der Waals surface area contributed by atoms with Gasteiger partial charge in [0, 0.05) is 24.9 Å². The molecule has 1 rings (SSSR count). The molecule has 17 heavy (non-hydrogen) atoms. The molecule has 0 aliphatic heterocycles.